The van der Waals surface area contributed by atoms with Gasteiger partial charge in [-0.25, -0.2) is 8.42 Å². The fraction of sp³-hybridized carbons (Fsp3) is 0.400. The molecule has 18 heavy (non-hydrogen) atoms. The second-order valence-electron chi connectivity index (χ2n) is 4.06. The van der Waals surface area contributed by atoms with Gasteiger partial charge in [-0.2, -0.15) is 0 Å². The van der Waals surface area contributed by atoms with Crippen LogP contribution in [0.1, 0.15) is 30.6 Å². The first-order valence-electron chi connectivity index (χ1n) is 5.30. The summed E-state index contributed by atoms with van der Waals surface area (Å²) in [5, 5.41) is 9.40. The molecule has 0 amide bonds. The van der Waals surface area contributed by atoms with E-state index in [2.05, 4.69) is 10.2 Å². The standard InChI is InChI=1S/C10H12ClN3O2S2/c1-7(2)14-9(6-8-4-3-5-17-8)12-13-10(14)18(11,15)16/h3-5,7H,6H2,1-2H3. The zero-order valence-corrected chi connectivity index (χ0v) is 12.3. The van der Waals surface area contributed by atoms with E-state index < -0.39 is 9.05 Å². The van der Waals surface area contributed by atoms with Crippen LogP contribution in [0.2, 0.25) is 0 Å². The molecule has 0 spiro atoms. The Kier molecular flexibility index (Phi) is 3.74. The molecule has 8 heteroatoms. The highest BCUT2D eigenvalue weighted by atomic mass is 35.7. The molecular weight excluding hydrogens is 294 g/mol. The second kappa shape index (κ2) is 4.99. The van der Waals surface area contributed by atoms with Gasteiger partial charge in [0.1, 0.15) is 5.82 Å². The number of aromatic nitrogens is 3. The molecule has 0 aliphatic heterocycles. The van der Waals surface area contributed by atoms with Crippen molar-refractivity contribution in [2.45, 2.75) is 31.5 Å². The van der Waals surface area contributed by atoms with Gasteiger partial charge in [-0.15, -0.1) is 21.5 Å². The predicted molar refractivity (Wildman–Crippen MR) is 70.6 cm³/mol. The molecule has 0 aliphatic rings. The Morgan fingerprint density at radius 3 is 2.67 bits per heavy atom. The summed E-state index contributed by atoms with van der Waals surface area (Å²) >= 11 is 1.59. The molecule has 98 valence electrons. The fourth-order valence-corrected chi connectivity index (χ4v) is 3.39. The molecule has 0 saturated carbocycles. The van der Waals surface area contributed by atoms with Gasteiger partial charge in [-0.3, -0.25) is 4.57 Å². The highest BCUT2D eigenvalue weighted by Gasteiger charge is 2.24. The second-order valence-corrected chi connectivity index (χ2v) is 7.55. The van der Waals surface area contributed by atoms with E-state index in [1.54, 1.807) is 15.9 Å². The molecule has 0 unspecified atom stereocenters. The summed E-state index contributed by atoms with van der Waals surface area (Å²) in [6, 6.07) is 3.84. The Morgan fingerprint density at radius 1 is 1.44 bits per heavy atom. The van der Waals surface area contributed by atoms with E-state index in [1.807, 2.05) is 31.4 Å². The lowest BCUT2D eigenvalue weighted by Gasteiger charge is -2.11. The minimum Gasteiger partial charge on any atom is -0.298 e. The summed E-state index contributed by atoms with van der Waals surface area (Å²) < 4.78 is 24.4. The maximum absolute atomic E-state index is 11.4. The monoisotopic (exact) mass is 305 g/mol. The number of nitrogens with zero attached hydrogens (tertiary/aromatic N) is 3. The maximum atomic E-state index is 11.4. The molecule has 0 saturated heterocycles. The molecule has 2 aromatic heterocycles. The maximum Gasteiger partial charge on any atom is 0.296 e. The van der Waals surface area contributed by atoms with Crippen LogP contribution in [0.15, 0.2) is 22.7 Å². The average Bonchev–Trinajstić information content (AvgIpc) is 2.85. The van der Waals surface area contributed by atoms with Crippen LogP contribution in [-0.4, -0.2) is 23.2 Å². The van der Waals surface area contributed by atoms with E-state index in [1.165, 1.54) is 0 Å². The van der Waals surface area contributed by atoms with Gasteiger partial charge >= 0.3 is 0 Å². The fourth-order valence-electron chi connectivity index (χ4n) is 1.68. The van der Waals surface area contributed by atoms with Gasteiger partial charge in [-0.1, -0.05) is 6.07 Å². The van der Waals surface area contributed by atoms with E-state index in [0.29, 0.717) is 12.2 Å². The van der Waals surface area contributed by atoms with Crippen molar-refractivity contribution in [3.63, 3.8) is 0 Å². The van der Waals surface area contributed by atoms with Gasteiger partial charge in [0.25, 0.3) is 14.2 Å². The van der Waals surface area contributed by atoms with Crippen molar-refractivity contribution in [3.8, 4) is 0 Å². The normalized spacial score (nSPS) is 12.2. The summed E-state index contributed by atoms with van der Waals surface area (Å²) in [6.45, 7) is 3.74. The molecule has 2 aromatic rings. The van der Waals surface area contributed by atoms with Gasteiger partial charge in [0.2, 0.25) is 0 Å². The van der Waals surface area contributed by atoms with Crippen molar-refractivity contribution >= 4 is 31.1 Å². The van der Waals surface area contributed by atoms with E-state index in [0.717, 1.165) is 4.88 Å². The number of halogens is 1. The van der Waals surface area contributed by atoms with Gasteiger partial charge < -0.3 is 0 Å². The minimum atomic E-state index is -3.87. The largest absolute Gasteiger partial charge is 0.298 e. The zero-order valence-electron chi connectivity index (χ0n) is 9.87. The van der Waals surface area contributed by atoms with Crippen LogP contribution in [0.3, 0.4) is 0 Å². The first-order valence-corrected chi connectivity index (χ1v) is 8.49. The van der Waals surface area contributed by atoms with E-state index in [-0.39, 0.29) is 11.2 Å². The third-order valence-corrected chi connectivity index (χ3v) is 4.39. The molecule has 5 nitrogen and oxygen atoms in total. The molecule has 0 fully saturated rings. The summed E-state index contributed by atoms with van der Waals surface area (Å²) in [5.74, 6) is 0.603. The van der Waals surface area contributed by atoms with E-state index in [9.17, 15) is 8.42 Å². The number of rotatable bonds is 4. The third-order valence-electron chi connectivity index (χ3n) is 2.38. The first kappa shape index (κ1) is 13.5. The van der Waals surface area contributed by atoms with E-state index in [4.69, 9.17) is 10.7 Å². The molecule has 0 N–H and O–H groups in total. The lowest BCUT2D eigenvalue weighted by Crippen LogP contribution is -2.12. The van der Waals surface area contributed by atoms with Crippen molar-refractivity contribution in [1.82, 2.24) is 14.8 Å². The van der Waals surface area contributed by atoms with Crippen LogP contribution < -0.4 is 0 Å². The number of hydrogen-bond acceptors (Lipinski definition) is 5. The number of thiophene rings is 1. The van der Waals surface area contributed by atoms with Gasteiger partial charge in [-0.05, 0) is 25.3 Å². The molecule has 0 bridgehead atoms. The Balaban J connectivity index is 2.46. The Morgan fingerprint density at radius 2 is 2.17 bits per heavy atom. The Labute approximate surface area is 114 Å². The van der Waals surface area contributed by atoms with Crippen molar-refractivity contribution < 1.29 is 8.42 Å². The molecule has 0 radical (unpaired) electrons. The van der Waals surface area contributed by atoms with Crippen molar-refractivity contribution in [1.29, 1.82) is 0 Å². The van der Waals surface area contributed by atoms with E-state index >= 15 is 0 Å². The zero-order chi connectivity index (χ0) is 13.3. The lowest BCUT2D eigenvalue weighted by molar-refractivity contribution is 0.512. The Hall–Kier alpha value is -0.920. The summed E-state index contributed by atoms with van der Waals surface area (Å²) in [6.07, 6.45) is 0.551. The van der Waals surface area contributed by atoms with Gasteiger partial charge in [0.05, 0.1) is 0 Å². The average molecular weight is 306 g/mol. The highest BCUT2D eigenvalue weighted by molar-refractivity contribution is 8.13. The van der Waals surface area contributed by atoms with Crippen LogP contribution in [0, 0.1) is 0 Å². The molecular formula is C10H12ClN3O2S2. The van der Waals surface area contributed by atoms with Gasteiger partial charge in [0.15, 0.2) is 0 Å². The van der Waals surface area contributed by atoms with Crippen LogP contribution >= 0.6 is 22.0 Å². The van der Waals surface area contributed by atoms with Crippen molar-refractivity contribution in [2.24, 2.45) is 0 Å². The highest BCUT2D eigenvalue weighted by Crippen LogP contribution is 2.22. The molecule has 0 atom stereocenters. The summed E-state index contributed by atoms with van der Waals surface area (Å²) in [4.78, 5) is 1.10. The quantitative estimate of drug-likeness (QED) is 0.814. The van der Waals surface area contributed by atoms with Gasteiger partial charge in [0, 0.05) is 28.0 Å². The van der Waals surface area contributed by atoms with Crippen LogP contribution in [-0.2, 0) is 15.5 Å². The molecule has 0 aliphatic carbocycles. The molecule has 2 heterocycles. The first-order chi connectivity index (χ1) is 8.39. The number of hydrogen-bond donors (Lipinski definition) is 0. The van der Waals surface area contributed by atoms with Crippen LogP contribution in [0.4, 0.5) is 0 Å². The predicted octanol–water partition coefficient (Wildman–Crippen LogP) is 2.44. The van der Waals surface area contributed by atoms with Crippen molar-refractivity contribution in [2.75, 3.05) is 0 Å². The van der Waals surface area contributed by atoms with Crippen LogP contribution in [0.5, 0.6) is 0 Å². The molecule has 0 aromatic carbocycles. The van der Waals surface area contributed by atoms with Crippen molar-refractivity contribution in [3.05, 3.63) is 28.2 Å². The minimum absolute atomic E-state index is 0.0708. The van der Waals surface area contributed by atoms with Crippen LogP contribution in [0.25, 0.3) is 0 Å². The Bertz CT molecular complexity index is 632. The lowest BCUT2D eigenvalue weighted by atomic mass is 10.3. The summed E-state index contributed by atoms with van der Waals surface area (Å²) in [7, 11) is 1.48. The SMILES string of the molecule is CC(C)n1c(Cc2cccs2)nnc1S(=O)(=O)Cl. The third kappa shape index (κ3) is 2.73. The molecule has 2 rings (SSSR count). The smallest absolute Gasteiger partial charge is 0.296 e. The summed E-state index contributed by atoms with van der Waals surface area (Å²) in [5.41, 5.74) is 0. The topological polar surface area (TPSA) is 64.8 Å².